The standard InChI is InChI=1S/C20H38N2O2/c1-6-8-9-15(7-2)14-21-18(23)19(24)22-17-12-10-16(11-13-17)20(3,4)5/h15-17H,6-14H2,1-5H3,(H,21,23)(H,22,24)/t15-,16?,17?/m0/s1. The lowest BCUT2D eigenvalue weighted by Gasteiger charge is -2.37. The van der Waals surface area contributed by atoms with Gasteiger partial charge < -0.3 is 10.6 Å². The van der Waals surface area contributed by atoms with Crippen LogP contribution in [0.1, 0.15) is 86.0 Å². The molecule has 0 aromatic heterocycles. The van der Waals surface area contributed by atoms with E-state index in [1.807, 2.05) is 0 Å². The fourth-order valence-electron chi connectivity index (χ4n) is 3.62. The number of hydrogen-bond donors (Lipinski definition) is 2. The molecule has 2 amide bonds. The van der Waals surface area contributed by atoms with Crippen LogP contribution in [0.25, 0.3) is 0 Å². The molecule has 24 heavy (non-hydrogen) atoms. The number of carbonyl (C=O) groups excluding carboxylic acids is 2. The number of rotatable bonds is 7. The Labute approximate surface area is 148 Å². The van der Waals surface area contributed by atoms with Crippen LogP contribution in [0, 0.1) is 17.3 Å². The topological polar surface area (TPSA) is 58.2 Å². The van der Waals surface area contributed by atoms with Gasteiger partial charge in [-0.05, 0) is 49.4 Å². The first kappa shape index (κ1) is 21.0. The molecule has 1 fully saturated rings. The highest BCUT2D eigenvalue weighted by Crippen LogP contribution is 2.37. The Morgan fingerprint density at radius 1 is 1.04 bits per heavy atom. The average molecular weight is 339 g/mol. The summed E-state index contributed by atoms with van der Waals surface area (Å²) < 4.78 is 0. The van der Waals surface area contributed by atoms with Crippen molar-refractivity contribution in [1.29, 1.82) is 0 Å². The van der Waals surface area contributed by atoms with E-state index in [9.17, 15) is 9.59 Å². The van der Waals surface area contributed by atoms with Crippen molar-refractivity contribution >= 4 is 11.8 Å². The van der Waals surface area contributed by atoms with E-state index >= 15 is 0 Å². The van der Waals surface area contributed by atoms with Gasteiger partial charge >= 0.3 is 11.8 Å². The van der Waals surface area contributed by atoms with Gasteiger partial charge in [-0.25, -0.2) is 0 Å². The predicted molar refractivity (Wildman–Crippen MR) is 99.7 cm³/mol. The Kier molecular flexibility index (Phi) is 8.79. The molecule has 0 aromatic carbocycles. The third kappa shape index (κ3) is 7.23. The van der Waals surface area contributed by atoms with Crippen LogP contribution in [0.5, 0.6) is 0 Å². The molecule has 0 heterocycles. The van der Waals surface area contributed by atoms with E-state index in [-0.39, 0.29) is 6.04 Å². The summed E-state index contributed by atoms with van der Waals surface area (Å²) in [6.07, 6.45) is 8.73. The molecule has 1 rings (SSSR count). The molecule has 0 aromatic rings. The Morgan fingerprint density at radius 2 is 1.67 bits per heavy atom. The quantitative estimate of drug-likeness (QED) is 0.688. The Morgan fingerprint density at radius 3 is 2.17 bits per heavy atom. The molecule has 1 aliphatic rings. The van der Waals surface area contributed by atoms with Crippen molar-refractivity contribution in [2.24, 2.45) is 17.3 Å². The molecule has 1 saturated carbocycles. The van der Waals surface area contributed by atoms with Gasteiger partial charge in [0.1, 0.15) is 0 Å². The molecule has 4 heteroatoms. The van der Waals surface area contributed by atoms with E-state index < -0.39 is 11.8 Å². The maximum absolute atomic E-state index is 12.1. The summed E-state index contributed by atoms with van der Waals surface area (Å²) >= 11 is 0. The fourth-order valence-corrected chi connectivity index (χ4v) is 3.62. The Balaban J connectivity index is 2.31. The summed E-state index contributed by atoms with van der Waals surface area (Å²) in [7, 11) is 0. The zero-order chi connectivity index (χ0) is 18.2. The van der Waals surface area contributed by atoms with Gasteiger partial charge in [0.2, 0.25) is 0 Å². The van der Waals surface area contributed by atoms with Gasteiger partial charge in [-0.15, -0.1) is 0 Å². The van der Waals surface area contributed by atoms with Crippen LogP contribution in [0.4, 0.5) is 0 Å². The van der Waals surface area contributed by atoms with E-state index in [1.54, 1.807) is 0 Å². The van der Waals surface area contributed by atoms with Gasteiger partial charge in [0.15, 0.2) is 0 Å². The summed E-state index contributed by atoms with van der Waals surface area (Å²) in [4.78, 5) is 24.1. The smallest absolute Gasteiger partial charge is 0.309 e. The van der Waals surface area contributed by atoms with E-state index in [0.717, 1.165) is 38.5 Å². The molecule has 0 unspecified atom stereocenters. The molecule has 2 N–H and O–H groups in total. The summed E-state index contributed by atoms with van der Waals surface area (Å²) in [6, 6.07) is 0.156. The van der Waals surface area contributed by atoms with Crippen LogP contribution >= 0.6 is 0 Å². The third-order valence-corrected chi connectivity index (χ3v) is 5.59. The molecular weight excluding hydrogens is 300 g/mol. The van der Waals surface area contributed by atoms with Crippen molar-refractivity contribution in [3.05, 3.63) is 0 Å². The first-order valence-electron chi connectivity index (χ1n) is 9.86. The van der Waals surface area contributed by atoms with E-state index in [4.69, 9.17) is 0 Å². The minimum atomic E-state index is -0.470. The predicted octanol–water partition coefficient (Wildman–Crippen LogP) is 4.04. The van der Waals surface area contributed by atoms with Crippen LogP contribution in [0.2, 0.25) is 0 Å². The monoisotopic (exact) mass is 338 g/mol. The first-order chi connectivity index (χ1) is 11.3. The second-order valence-electron chi connectivity index (χ2n) is 8.51. The van der Waals surface area contributed by atoms with Gasteiger partial charge in [0.25, 0.3) is 0 Å². The summed E-state index contributed by atoms with van der Waals surface area (Å²) in [6.45, 7) is 11.8. The highest BCUT2D eigenvalue weighted by molar-refractivity contribution is 6.35. The highest BCUT2D eigenvalue weighted by atomic mass is 16.2. The number of unbranched alkanes of at least 4 members (excludes halogenated alkanes) is 1. The van der Waals surface area contributed by atoms with Gasteiger partial charge in [0, 0.05) is 12.6 Å². The largest absolute Gasteiger partial charge is 0.348 e. The van der Waals surface area contributed by atoms with Crippen molar-refractivity contribution in [2.45, 2.75) is 92.0 Å². The molecule has 0 aliphatic heterocycles. The van der Waals surface area contributed by atoms with Gasteiger partial charge in [-0.3, -0.25) is 9.59 Å². The molecule has 1 aliphatic carbocycles. The zero-order valence-corrected chi connectivity index (χ0v) is 16.4. The minimum Gasteiger partial charge on any atom is -0.348 e. The number of nitrogens with one attached hydrogen (secondary N) is 2. The summed E-state index contributed by atoms with van der Waals surface area (Å²) in [5.41, 5.74) is 0.333. The molecule has 0 spiro atoms. The van der Waals surface area contributed by atoms with E-state index in [2.05, 4.69) is 45.3 Å². The van der Waals surface area contributed by atoms with Crippen LogP contribution < -0.4 is 10.6 Å². The summed E-state index contributed by atoms with van der Waals surface area (Å²) in [5.74, 6) is 0.259. The van der Waals surface area contributed by atoms with Crippen LogP contribution in [0.15, 0.2) is 0 Å². The zero-order valence-electron chi connectivity index (χ0n) is 16.4. The average Bonchev–Trinajstić information content (AvgIpc) is 2.54. The Hall–Kier alpha value is -1.06. The summed E-state index contributed by atoms with van der Waals surface area (Å²) in [5, 5.41) is 5.74. The maximum atomic E-state index is 12.1. The SMILES string of the molecule is CCCC[C@H](CC)CNC(=O)C(=O)NC1CCC(C(C)(C)C)CC1. The first-order valence-corrected chi connectivity index (χ1v) is 9.86. The minimum absolute atomic E-state index is 0.156. The number of hydrogen-bond acceptors (Lipinski definition) is 2. The molecule has 0 bridgehead atoms. The molecule has 4 nitrogen and oxygen atoms in total. The Bertz CT molecular complexity index is 393. The molecular formula is C20H38N2O2. The second kappa shape index (κ2) is 10.0. The molecule has 1 atom stereocenters. The normalized spacial score (nSPS) is 22.7. The lowest BCUT2D eigenvalue weighted by Crippen LogP contribution is -2.47. The third-order valence-electron chi connectivity index (χ3n) is 5.59. The van der Waals surface area contributed by atoms with E-state index in [0.29, 0.717) is 23.8 Å². The lowest BCUT2D eigenvalue weighted by molar-refractivity contribution is -0.139. The van der Waals surface area contributed by atoms with Crippen molar-refractivity contribution in [1.82, 2.24) is 10.6 Å². The molecule has 0 radical (unpaired) electrons. The molecule has 140 valence electrons. The second-order valence-corrected chi connectivity index (χ2v) is 8.51. The number of carbonyl (C=O) groups is 2. The van der Waals surface area contributed by atoms with Crippen molar-refractivity contribution in [2.75, 3.05) is 6.54 Å². The van der Waals surface area contributed by atoms with E-state index in [1.165, 1.54) is 12.8 Å². The van der Waals surface area contributed by atoms with Crippen LogP contribution in [-0.4, -0.2) is 24.4 Å². The van der Waals surface area contributed by atoms with Crippen LogP contribution in [0.3, 0.4) is 0 Å². The highest BCUT2D eigenvalue weighted by Gasteiger charge is 2.30. The van der Waals surface area contributed by atoms with Gasteiger partial charge in [-0.1, -0.05) is 53.9 Å². The maximum Gasteiger partial charge on any atom is 0.309 e. The van der Waals surface area contributed by atoms with Crippen molar-refractivity contribution in [3.63, 3.8) is 0 Å². The van der Waals surface area contributed by atoms with Crippen molar-refractivity contribution in [3.8, 4) is 0 Å². The molecule has 0 saturated heterocycles. The van der Waals surface area contributed by atoms with Crippen molar-refractivity contribution < 1.29 is 9.59 Å². The van der Waals surface area contributed by atoms with Gasteiger partial charge in [0.05, 0.1) is 0 Å². The lowest BCUT2D eigenvalue weighted by atomic mass is 9.71. The fraction of sp³-hybridized carbons (Fsp3) is 0.900. The number of amides is 2. The van der Waals surface area contributed by atoms with Gasteiger partial charge in [-0.2, -0.15) is 0 Å². The van der Waals surface area contributed by atoms with Crippen LogP contribution in [-0.2, 0) is 9.59 Å².